The van der Waals surface area contributed by atoms with Crippen LogP contribution in [0.5, 0.6) is 0 Å². The van der Waals surface area contributed by atoms with E-state index in [4.69, 9.17) is 4.52 Å². The first-order chi connectivity index (χ1) is 15.1. The Morgan fingerprint density at radius 3 is 1.77 bits per heavy atom. The summed E-state index contributed by atoms with van der Waals surface area (Å²) < 4.78 is 6.85. The van der Waals surface area contributed by atoms with Gasteiger partial charge in [0, 0.05) is 20.8 Å². The molecule has 0 aliphatic carbocycles. The minimum absolute atomic E-state index is 0.114. The molecule has 1 nitrogen and oxygen atoms in total. The molecule has 0 amide bonds. The van der Waals surface area contributed by atoms with Crippen LogP contribution in [0.3, 0.4) is 0 Å². The molecule has 0 heterocycles. The van der Waals surface area contributed by atoms with Crippen LogP contribution < -0.4 is 10.6 Å². The number of thioether (sulfide) groups is 1. The van der Waals surface area contributed by atoms with Crippen molar-refractivity contribution in [2.24, 2.45) is 5.92 Å². The van der Waals surface area contributed by atoms with E-state index in [0.717, 1.165) is 0 Å². The summed E-state index contributed by atoms with van der Waals surface area (Å²) in [5, 5.41) is 5.45. The van der Waals surface area contributed by atoms with Gasteiger partial charge in [-0.2, -0.15) is 0 Å². The van der Waals surface area contributed by atoms with Crippen LogP contribution in [0.25, 0.3) is 10.8 Å². The van der Waals surface area contributed by atoms with Gasteiger partial charge in [0.05, 0.1) is 14.3 Å². The Kier molecular flexibility index (Phi) is 7.45. The Balaban J connectivity index is 1.58. The van der Waals surface area contributed by atoms with Gasteiger partial charge < -0.3 is 4.52 Å². The zero-order valence-corrected chi connectivity index (χ0v) is 20.0. The molecule has 4 aromatic rings. The summed E-state index contributed by atoms with van der Waals surface area (Å²) in [6, 6.07) is 36.6. The quantitative estimate of drug-likeness (QED) is 0.207. The lowest BCUT2D eigenvalue weighted by molar-refractivity contribution is 0.228. The number of hydrogen-bond acceptors (Lipinski definition) is 2. The van der Waals surface area contributed by atoms with Crippen molar-refractivity contribution in [2.75, 3.05) is 0 Å². The fraction of sp³-hybridized carbons (Fsp3) is 0.214. The third kappa shape index (κ3) is 5.57. The fourth-order valence-corrected chi connectivity index (χ4v) is 6.94. The number of hydrogen-bond donors (Lipinski definition) is 0. The van der Waals surface area contributed by atoms with Crippen molar-refractivity contribution in [3.05, 3.63) is 103 Å². The lowest BCUT2D eigenvalue weighted by Gasteiger charge is -2.31. The molecule has 158 valence electrons. The fourth-order valence-electron chi connectivity index (χ4n) is 3.80. The van der Waals surface area contributed by atoms with Crippen LogP contribution in [0, 0.1) is 5.92 Å². The Morgan fingerprint density at radius 1 is 0.645 bits per heavy atom. The van der Waals surface area contributed by atoms with Crippen LogP contribution in [0.2, 0.25) is 0 Å². The summed E-state index contributed by atoms with van der Waals surface area (Å²) in [4.78, 5) is 1.30. The molecule has 0 radical (unpaired) electrons. The van der Waals surface area contributed by atoms with Crippen LogP contribution in [0.4, 0.5) is 0 Å². The largest absolute Gasteiger partial charge is 0.346 e. The number of rotatable bonds is 8. The zero-order chi connectivity index (χ0) is 21.6. The summed E-state index contributed by atoms with van der Waals surface area (Å²) in [6.07, 6.45) is 0.114. The Labute approximate surface area is 191 Å². The van der Waals surface area contributed by atoms with Crippen molar-refractivity contribution in [1.29, 1.82) is 0 Å². The SMILES string of the molecule is CC(C)[C@@H](Sc1ccc2ccccc2c1)[C@@H](C)OP(c1ccccc1)c1ccccc1. The first kappa shape index (κ1) is 22.1. The van der Waals surface area contributed by atoms with E-state index in [9.17, 15) is 0 Å². The highest BCUT2D eigenvalue weighted by atomic mass is 32.2. The third-order valence-corrected chi connectivity index (χ3v) is 9.17. The first-order valence-electron chi connectivity index (χ1n) is 10.8. The Hall–Kier alpha value is -2.12. The highest BCUT2D eigenvalue weighted by molar-refractivity contribution is 8.00. The van der Waals surface area contributed by atoms with Gasteiger partial charge in [0.25, 0.3) is 0 Å². The van der Waals surface area contributed by atoms with Crippen molar-refractivity contribution in [1.82, 2.24) is 0 Å². The molecular weight excluding hydrogens is 415 g/mol. The zero-order valence-electron chi connectivity index (χ0n) is 18.3. The molecule has 0 N–H and O–H groups in total. The minimum atomic E-state index is -0.864. The molecule has 31 heavy (non-hydrogen) atoms. The average molecular weight is 445 g/mol. The monoisotopic (exact) mass is 444 g/mol. The van der Waals surface area contributed by atoms with E-state index in [2.05, 4.69) is 124 Å². The van der Waals surface area contributed by atoms with Gasteiger partial charge in [-0.3, -0.25) is 0 Å². The van der Waals surface area contributed by atoms with Gasteiger partial charge in [0.1, 0.15) is 0 Å². The van der Waals surface area contributed by atoms with Gasteiger partial charge in [-0.15, -0.1) is 11.8 Å². The molecule has 0 spiro atoms. The topological polar surface area (TPSA) is 9.23 Å². The second-order valence-electron chi connectivity index (χ2n) is 8.11. The number of fused-ring (bicyclic) bond motifs is 1. The van der Waals surface area contributed by atoms with Gasteiger partial charge in [-0.05, 0) is 35.7 Å². The van der Waals surface area contributed by atoms with Gasteiger partial charge in [-0.1, -0.05) is 105 Å². The van der Waals surface area contributed by atoms with E-state index in [1.165, 1.54) is 26.3 Å². The van der Waals surface area contributed by atoms with Crippen molar-refractivity contribution in [3.63, 3.8) is 0 Å². The maximum atomic E-state index is 6.85. The maximum Gasteiger partial charge on any atom is 0.0922 e. The van der Waals surface area contributed by atoms with E-state index in [1.54, 1.807) is 0 Å². The van der Waals surface area contributed by atoms with Crippen LogP contribution in [0.15, 0.2) is 108 Å². The highest BCUT2D eigenvalue weighted by Gasteiger charge is 2.27. The molecule has 0 fully saturated rings. The predicted molar refractivity (Wildman–Crippen MR) is 138 cm³/mol. The van der Waals surface area contributed by atoms with Crippen molar-refractivity contribution in [3.8, 4) is 0 Å². The summed E-state index contributed by atoms with van der Waals surface area (Å²) in [7, 11) is -0.864. The van der Waals surface area contributed by atoms with Gasteiger partial charge in [0.2, 0.25) is 0 Å². The third-order valence-electron chi connectivity index (χ3n) is 5.37. The van der Waals surface area contributed by atoms with E-state index in [1.807, 2.05) is 11.8 Å². The van der Waals surface area contributed by atoms with Crippen molar-refractivity contribution >= 4 is 41.3 Å². The Bertz CT molecular complexity index is 1060. The first-order valence-corrected chi connectivity index (χ1v) is 13.0. The predicted octanol–water partition coefficient (Wildman–Crippen LogP) is 7.41. The lowest BCUT2D eigenvalue weighted by atomic mass is 10.1. The molecule has 2 atom stereocenters. The van der Waals surface area contributed by atoms with E-state index < -0.39 is 8.15 Å². The summed E-state index contributed by atoms with van der Waals surface area (Å²) in [5.74, 6) is 0.495. The highest BCUT2D eigenvalue weighted by Crippen LogP contribution is 2.41. The molecule has 0 saturated heterocycles. The molecule has 0 saturated carbocycles. The molecule has 0 unspecified atom stereocenters. The standard InChI is InChI=1S/C28H29OPS/c1-21(2)28(31-27-19-18-23-12-10-11-13-24(23)20-27)22(3)29-30(25-14-6-4-7-15-25)26-16-8-5-9-17-26/h4-22,28H,1-3H3/t22-,28-/m1/s1. The van der Waals surface area contributed by atoms with Gasteiger partial charge in [0.15, 0.2) is 0 Å². The Morgan fingerprint density at radius 2 is 1.19 bits per heavy atom. The molecule has 3 heteroatoms. The normalized spacial score (nSPS) is 13.6. The molecule has 0 aliphatic heterocycles. The molecular formula is C28H29OPS. The van der Waals surface area contributed by atoms with Crippen molar-refractivity contribution < 1.29 is 4.52 Å². The molecule has 0 aromatic heterocycles. The second-order valence-corrected chi connectivity index (χ2v) is 11.2. The molecule has 0 aliphatic rings. The molecule has 4 rings (SSSR count). The van der Waals surface area contributed by atoms with Gasteiger partial charge in [-0.25, -0.2) is 0 Å². The molecule has 4 aromatic carbocycles. The summed E-state index contributed by atoms with van der Waals surface area (Å²) in [6.45, 7) is 6.83. The molecule has 0 bridgehead atoms. The number of benzene rings is 4. The minimum Gasteiger partial charge on any atom is -0.346 e. The maximum absolute atomic E-state index is 6.85. The smallest absolute Gasteiger partial charge is 0.0922 e. The van der Waals surface area contributed by atoms with E-state index in [0.29, 0.717) is 11.2 Å². The second kappa shape index (κ2) is 10.5. The van der Waals surface area contributed by atoms with Gasteiger partial charge >= 0.3 is 0 Å². The van der Waals surface area contributed by atoms with Crippen LogP contribution >= 0.6 is 19.9 Å². The van der Waals surface area contributed by atoms with Crippen molar-refractivity contribution in [2.45, 2.75) is 37.0 Å². The summed E-state index contributed by atoms with van der Waals surface area (Å²) >= 11 is 1.94. The van der Waals surface area contributed by atoms with Crippen LogP contribution in [0.1, 0.15) is 20.8 Å². The average Bonchev–Trinajstić information content (AvgIpc) is 2.81. The van der Waals surface area contributed by atoms with E-state index in [-0.39, 0.29) is 6.10 Å². The summed E-state index contributed by atoms with van der Waals surface area (Å²) in [5.41, 5.74) is 0. The van der Waals surface area contributed by atoms with E-state index >= 15 is 0 Å². The van der Waals surface area contributed by atoms with Crippen LogP contribution in [-0.2, 0) is 4.52 Å². The van der Waals surface area contributed by atoms with Crippen LogP contribution in [-0.4, -0.2) is 11.4 Å². The lowest BCUT2D eigenvalue weighted by Crippen LogP contribution is -2.29.